The van der Waals surface area contributed by atoms with Crippen LogP contribution < -0.4 is 0 Å². The molecule has 1 heterocycles. The SMILES string of the molecule is COC(=O)c1cc(-c2ccc(Br)cc2C(F)(F)F)n[nH]1. The van der Waals surface area contributed by atoms with Crippen molar-refractivity contribution in [1.82, 2.24) is 10.2 Å². The highest BCUT2D eigenvalue weighted by Crippen LogP contribution is 2.38. The first kappa shape index (κ1) is 14.6. The molecule has 0 aliphatic heterocycles. The van der Waals surface area contributed by atoms with Gasteiger partial charge in [-0.3, -0.25) is 5.10 Å². The van der Waals surface area contributed by atoms with Crippen LogP contribution in [0.2, 0.25) is 0 Å². The molecule has 2 aromatic rings. The van der Waals surface area contributed by atoms with Crippen LogP contribution >= 0.6 is 15.9 Å². The van der Waals surface area contributed by atoms with Crippen molar-refractivity contribution in [3.63, 3.8) is 0 Å². The fourth-order valence-electron chi connectivity index (χ4n) is 1.65. The molecule has 0 amide bonds. The summed E-state index contributed by atoms with van der Waals surface area (Å²) in [5, 5.41) is 6.06. The molecule has 20 heavy (non-hydrogen) atoms. The third-order valence-electron chi connectivity index (χ3n) is 2.55. The maximum atomic E-state index is 13.0. The van der Waals surface area contributed by atoms with Crippen molar-refractivity contribution in [3.8, 4) is 11.3 Å². The first-order valence-electron chi connectivity index (χ1n) is 5.34. The quantitative estimate of drug-likeness (QED) is 0.843. The minimum atomic E-state index is -4.52. The Morgan fingerprint density at radius 1 is 1.35 bits per heavy atom. The number of esters is 1. The third kappa shape index (κ3) is 2.84. The topological polar surface area (TPSA) is 55.0 Å². The second kappa shape index (κ2) is 5.28. The summed E-state index contributed by atoms with van der Waals surface area (Å²) in [7, 11) is 1.17. The first-order valence-corrected chi connectivity index (χ1v) is 6.13. The van der Waals surface area contributed by atoms with E-state index in [0.29, 0.717) is 4.47 Å². The highest BCUT2D eigenvalue weighted by Gasteiger charge is 2.34. The van der Waals surface area contributed by atoms with Crippen LogP contribution in [0.25, 0.3) is 11.3 Å². The molecular formula is C12H8BrF3N2O2. The first-order chi connectivity index (χ1) is 9.32. The summed E-state index contributed by atoms with van der Waals surface area (Å²) in [6, 6.07) is 4.92. The van der Waals surface area contributed by atoms with Gasteiger partial charge in [-0.1, -0.05) is 22.0 Å². The molecule has 0 saturated carbocycles. The number of nitrogens with zero attached hydrogens (tertiary/aromatic N) is 1. The minimum Gasteiger partial charge on any atom is -0.464 e. The highest BCUT2D eigenvalue weighted by atomic mass is 79.9. The van der Waals surface area contributed by atoms with Crippen molar-refractivity contribution >= 4 is 21.9 Å². The summed E-state index contributed by atoms with van der Waals surface area (Å²) >= 11 is 3.00. The number of halogens is 4. The molecule has 0 fully saturated rings. The Morgan fingerprint density at radius 2 is 2.05 bits per heavy atom. The molecule has 8 heteroatoms. The molecule has 106 valence electrons. The van der Waals surface area contributed by atoms with E-state index in [1.165, 1.54) is 25.3 Å². The van der Waals surface area contributed by atoms with Gasteiger partial charge >= 0.3 is 12.1 Å². The summed E-state index contributed by atoms with van der Waals surface area (Å²) < 4.78 is 43.8. The summed E-state index contributed by atoms with van der Waals surface area (Å²) in [4.78, 5) is 11.3. The summed E-state index contributed by atoms with van der Waals surface area (Å²) in [5.41, 5.74) is -0.953. The lowest BCUT2D eigenvalue weighted by atomic mass is 10.0. The van der Waals surface area contributed by atoms with Crippen LogP contribution in [0.1, 0.15) is 16.1 Å². The summed E-state index contributed by atoms with van der Waals surface area (Å²) in [6.45, 7) is 0. The minimum absolute atomic E-state index is 0.0152. The average molecular weight is 349 g/mol. The number of H-pyrrole nitrogens is 1. The number of carbonyl (C=O) groups is 1. The molecule has 4 nitrogen and oxygen atoms in total. The zero-order valence-electron chi connectivity index (χ0n) is 10.1. The second-order valence-corrected chi connectivity index (χ2v) is 4.76. The van der Waals surface area contributed by atoms with Gasteiger partial charge in [0.05, 0.1) is 18.4 Å². The predicted octanol–water partition coefficient (Wildman–Crippen LogP) is 3.64. The Morgan fingerprint density at radius 3 is 2.65 bits per heavy atom. The number of benzene rings is 1. The van der Waals surface area contributed by atoms with Crippen molar-refractivity contribution in [2.24, 2.45) is 0 Å². The number of hydrogen-bond donors (Lipinski definition) is 1. The Balaban J connectivity index is 2.53. The zero-order valence-corrected chi connectivity index (χ0v) is 11.7. The van der Waals surface area contributed by atoms with Crippen LogP contribution in [0.3, 0.4) is 0 Å². The fraction of sp³-hybridized carbons (Fsp3) is 0.167. The van der Waals surface area contributed by atoms with E-state index in [4.69, 9.17) is 0 Å². The molecule has 2 rings (SSSR count). The number of alkyl halides is 3. The number of hydrogen-bond acceptors (Lipinski definition) is 3. The molecule has 0 atom stereocenters. The lowest BCUT2D eigenvalue weighted by molar-refractivity contribution is -0.137. The smallest absolute Gasteiger partial charge is 0.417 e. The van der Waals surface area contributed by atoms with E-state index in [1.54, 1.807) is 0 Å². The molecule has 1 aromatic carbocycles. The van der Waals surface area contributed by atoms with Gasteiger partial charge in [-0.15, -0.1) is 0 Å². The lowest BCUT2D eigenvalue weighted by Gasteiger charge is -2.11. The molecule has 1 aromatic heterocycles. The van der Waals surface area contributed by atoms with Gasteiger partial charge in [0.1, 0.15) is 5.69 Å². The molecule has 0 spiro atoms. The molecule has 0 aliphatic carbocycles. The molecule has 0 unspecified atom stereocenters. The lowest BCUT2D eigenvalue weighted by Crippen LogP contribution is -2.07. The molecule has 0 radical (unpaired) electrons. The van der Waals surface area contributed by atoms with E-state index in [9.17, 15) is 18.0 Å². The van der Waals surface area contributed by atoms with Gasteiger partial charge in [-0.2, -0.15) is 18.3 Å². The number of methoxy groups -OCH3 is 1. The van der Waals surface area contributed by atoms with E-state index in [1.807, 2.05) is 0 Å². The number of nitrogens with one attached hydrogen (secondary N) is 1. The van der Waals surface area contributed by atoms with Gasteiger partial charge in [-0.05, 0) is 18.2 Å². The fourth-order valence-corrected chi connectivity index (χ4v) is 2.01. The zero-order chi connectivity index (χ0) is 14.9. The molecule has 0 aliphatic rings. The Labute approximate surface area is 120 Å². The average Bonchev–Trinajstić information content (AvgIpc) is 2.86. The molecular weight excluding hydrogens is 341 g/mol. The van der Waals surface area contributed by atoms with Crippen molar-refractivity contribution in [2.75, 3.05) is 7.11 Å². The maximum absolute atomic E-state index is 13.0. The Bertz CT molecular complexity index is 652. The number of ether oxygens (including phenoxy) is 1. The van der Waals surface area contributed by atoms with Crippen LogP contribution in [0, 0.1) is 0 Å². The Hall–Kier alpha value is -1.83. The van der Waals surface area contributed by atoms with Gasteiger partial charge in [0, 0.05) is 10.0 Å². The van der Waals surface area contributed by atoms with E-state index in [0.717, 1.165) is 6.07 Å². The van der Waals surface area contributed by atoms with Gasteiger partial charge in [0.2, 0.25) is 0 Å². The molecule has 1 N–H and O–H groups in total. The normalized spacial score (nSPS) is 11.4. The van der Waals surface area contributed by atoms with Crippen molar-refractivity contribution in [1.29, 1.82) is 0 Å². The van der Waals surface area contributed by atoms with Crippen LogP contribution in [0.5, 0.6) is 0 Å². The monoisotopic (exact) mass is 348 g/mol. The van der Waals surface area contributed by atoms with Gasteiger partial charge < -0.3 is 4.74 Å². The molecule has 0 bridgehead atoms. The standard InChI is InChI=1S/C12H8BrF3N2O2/c1-20-11(19)10-5-9(17-18-10)7-3-2-6(13)4-8(7)12(14,15)16/h2-5H,1H3,(H,17,18). The van der Waals surface area contributed by atoms with E-state index in [2.05, 4.69) is 30.9 Å². The van der Waals surface area contributed by atoms with Crippen LogP contribution in [-0.4, -0.2) is 23.3 Å². The van der Waals surface area contributed by atoms with Crippen LogP contribution in [0.4, 0.5) is 13.2 Å². The summed E-state index contributed by atoms with van der Waals surface area (Å²) in [5.74, 6) is -0.700. The van der Waals surface area contributed by atoms with Gasteiger partial charge in [0.25, 0.3) is 0 Å². The predicted molar refractivity (Wildman–Crippen MR) is 68.1 cm³/mol. The van der Waals surface area contributed by atoms with Gasteiger partial charge in [-0.25, -0.2) is 4.79 Å². The summed E-state index contributed by atoms with van der Waals surface area (Å²) in [6.07, 6.45) is -4.52. The van der Waals surface area contributed by atoms with Crippen molar-refractivity contribution in [3.05, 3.63) is 40.0 Å². The maximum Gasteiger partial charge on any atom is 0.417 e. The van der Waals surface area contributed by atoms with Crippen LogP contribution in [0.15, 0.2) is 28.7 Å². The van der Waals surface area contributed by atoms with E-state index >= 15 is 0 Å². The number of carbonyl (C=O) groups excluding carboxylic acids is 1. The number of aromatic nitrogens is 2. The number of aromatic amines is 1. The second-order valence-electron chi connectivity index (χ2n) is 3.85. The third-order valence-corrected chi connectivity index (χ3v) is 3.04. The van der Waals surface area contributed by atoms with Gasteiger partial charge in [0.15, 0.2) is 0 Å². The Kier molecular flexibility index (Phi) is 3.85. The van der Waals surface area contributed by atoms with E-state index in [-0.39, 0.29) is 17.0 Å². The largest absolute Gasteiger partial charge is 0.464 e. The molecule has 0 saturated heterocycles. The van der Waals surface area contributed by atoms with Crippen LogP contribution in [-0.2, 0) is 10.9 Å². The van der Waals surface area contributed by atoms with E-state index < -0.39 is 17.7 Å². The number of rotatable bonds is 2. The van der Waals surface area contributed by atoms with Crippen molar-refractivity contribution in [2.45, 2.75) is 6.18 Å². The highest BCUT2D eigenvalue weighted by molar-refractivity contribution is 9.10. The van der Waals surface area contributed by atoms with Crippen molar-refractivity contribution < 1.29 is 22.7 Å².